The zero-order chi connectivity index (χ0) is 12.1. The summed E-state index contributed by atoms with van der Waals surface area (Å²) in [7, 11) is 0. The summed E-state index contributed by atoms with van der Waals surface area (Å²) in [5.74, 6) is 1.14. The molecule has 0 aliphatic heterocycles. The molecule has 2 aromatic rings. The van der Waals surface area contributed by atoms with E-state index >= 15 is 0 Å². The summed E-state index contributed by atoms with van der Waals surface area (Å²) in [5.41, 5.74) is 7.05. The number of hydrogen-bond donors (Lipinski definition) is 1. The number of pyridine rings is 1. The first kappa shape index (κ1) is 11.1. The van der Waals surface area contributed by atoms with Crippen molar-refractivity contribution >= 4 is 0 Å². The number of aromatic nitrogens is 1. The summed E-state index contributed by atoms with van der Waals surface area (Å²) in [6.45, 7) is 0.470. The number of rotatable bonds is 3. The van der Waals surface area contributed by atoms with Crippen molar-refractivity contribution in [3.63, 3.8) is 0 Å². The average molecular weight is 225 g/mol. The highest BCUT2D eigenvalue weighted by atomic mass is 16.5. The second-order valence-corrected chi connectivity index (χ2v) is 3.45. The molecule has 1 aromatic heterocycles. The molecule has 0 bridgehead atoms. The van der Waals surface area contributed by atoms with Crippen LogP contribution in [0.1, 0.15) is 11.1 Å². The molecule has 0 saturated heterocycles. The van der Waals surface area contributed by atoms with Crippen LogP contribution in [0.25, 0.3) is 0 Å². The zero-order valence-corrected chi connectivity index (χ0v) is 9.13. The monoisotopic (exact) mass is 225 g/mol. The quantitative estimate of drug-likeness (QED) is 0.869. The Balaban J connectivity index is 2.16. The molecule has 17 heavy (non-hydrogen) atoms. The molecule has 0 unspecified atom stereocenters. The van der Waals surface area contributed by atoms with Crippen LogP contribution in [0, 0.1) is 11.3 Å². The van der Waals surface area contributed by atoms with Crippen molar-refractivity contribution in [1.29, 1.82) is 5.26 Å². The fraction of sp³-hybridized carbons (Fsp3) is 0.0769. The summed E-state index contributed by atoms with van der Waals surface area (Å²) in [6.07, 6.45) is 1.47. The first-order valence-electron chi connectivity index (χ1n) is 5.15. The molecule has 0 aliphatic rings. The smallest absolute Gasteiger partial charge is 0.219 e. The van der Waals surface area contributed by atoms with Crippen molar-refractivity contribution in [3.8, 4) is 17.7 Å². The number of hydrogen-bond acceptors (Lipinski definition) is 4. The Morgan fingerprint density at radius 1 is 1.29 bits per heavy atom. The van der Waals surface area contributed by atoms with Crippen LogP contribution in [0.15, 0.2) is 42.6 Å². The lowest BCUT2D eigenvalue weighted by molar-refractivity contribution is 0.462. The highest BCUT2D eigenvalue weighted by Crippen LogP contribution is 2.20. The lowest BCUT2D eigenvalue weighted by Gasteiger charge is -2.05. The van der Waals surface area contributed by atoms with Crippen molar-refractivity contribution in [3.05, 3.63) is 53.7 Å². The molecular formula is C13H11N3O. The molecule has 84 valence electrons. The summed E-state index contributed by atoms with van der Waals surface area (Å²) in [4.78, 5) is 4.02. The molecule has 1 heterocycles. The minimum absolute atomic E-state index is 0.457. The molecule has 2 rings (SSSR count). The van der Waals surface area contributed by atoms with Crippen LogP contribution in [0.3, 0.4) is 0 Å². The van der Waals surface area contributed by atoms with Gasteiger partial charge in [0.25, 0.3) is 0 Å². The third-order valence-electron chi connectivity index (χ3n) is 2.22. The molecule has 0 radical (unpaired) electrons. The summed E-state index contributed by atoms with van der Waals surface area (Å²) < 4.78 is 5.54. The van der Waals surface area contributed by atoms with Crippen LogP contribution >= 0.6 is 0 Å². The summed E-state index contributed by atoms with van der Waals surface area (Å²) in [5, 5.41) is 8.64. The molecule has 0 atom stereocenters. The Hall–Kier alpha value is -2.38. The van der Waals surface area contributed by atoms with Gasteiger partial charge in [0.15, 0.2) is 0 Å². The van der Waals surface area contributed by atoms with E-state index < -0.39 is 0 Å². The Morgan fingerprint density at radius 2 is 2.18 bits per heavy atom. The van der Waals surface area contributed by atoms with Crippen LogP contribution < -0.4 is 10.5 Å². The number of ether oxygens (including phenoxy) is 1. The molecule has 2 N–H and O–H groups in total. The van der Waals surface area contributed by atoms with Gasteiger partial charge in [0.2, 0.25) is 5.88 Å². The minimum atomic E-state index is 0.457. The van der Waals surface area contributed by atoms with Gasteiger partial charge in [0, 0.05) is 18.8 Å². The van der Waals surface area contributed by atoms with Crippen LogP contribution in [-0.4, -0.2) is 4.98 Å². The van der Waals surface area contributed by atoms with Gasteiger partial charge in [-0.15, -0.1) is 0 Å². The van der Waals surface area contributed by atoms with Crippen molar-refractivity contribution in [2.45, 2.75) is 6.54 Å². The van der Waals surface area contributed by atoms with E-state index in [1.165, 1.54) is 6.20 Å². The fourth-order valence-electron chi connectivity index (χ4n) is 1.36. The standard InChI is InChI=1S/C13H11N3O/c14-7-10-2-1-3-12(6-10)17-13-5-4-11(8-15)9-16-13/h1-6,9H,7,14H2. The first-order chi connectivity index (χ1) is 8.31. The van der Waals surface area contributed by atoms with Gasteiger partial charge in [-0.1, -0.05) is 12.1 Å². The van der Waals surface area contributed by atoms with Gasteiger partial charge >= 0.3 is 0 Å². The van der Waals surface area contributed by atoms with E-state index in [0.717, 1.165) is 5.56 Å². The Bertz CT molecular complexity index is 543. The number of nitriles is 1. The second-order valence-electron chi connectivity index (χ2n) is 3.45. The number of nitrogens with two attached hydrogens (primary N) is 1. The van der Waals surface area contributed by atoms with E-state index in [1.807, 2.05) is 30.3 Å². The largest absolute Gasteiger partial charge is 0.439 e. The molecule has 0 spiro atoms. The van der Waals surface area contributed by atoms with Gasteiger partial charge in [-0.3, -0.25) is 0 Å². The lowest BCUT2D eigenvalue weighted by atomic mass is 10.2. The minimum Gasteiger partial charge on any atom is -0.439 e. The van der Waals surface area contributed by atoms with Crippen molar-refractivity contribution in [1.82, 2.24) is 4.98 Å². The van der Waals surface area contributed by atoms with Crippen molar-refractivity contribution < 1.29 is 4.74 Å². The van der Waals surface area contributed by atoms with E-state index in [9.17, 15) is 0 Å². The molecule has 4 nitrogen and oxygen atoms in total. The van der Waals surface area contributed by atoms with Crippen molar-refractivity contribution in [2.24, 2.45) is 5.73 Å². The predicted octanol–water partition coefficient (Wildman–Crippen LogP) is 2.20. The molecule has 1 aromatic carbocycles. The number of nitrogens with zero attached hydrogens (tertiary/aromatic N) is 2. The van der Waals surface area contributed by atoms with Gasteiger partial charge < -0.3 is 10.5 Å². The van der Waals surface area contributed by atoms with E-state index in [4.69, 9.17) is 15.7 Å². The van der Waals surface area contributed by atoms with Crippen molar-refractivity contribution in [2.75, 3.05) is 0 Å². The first-order valence-corrected chi connectivity index (χ1v) is 5.15. The summed E-state index contributed by atoms with van der Waals surface area (Å²) in [6, 6.07) is 12.8. The molecule has 0 amide bonds. The lowest BCUT2D eigenvalue weighted by Crippen LogP contribution is -1.96. The van der Waals surface area contributed by atoms with Gasteiger partial charge in [-0.2, -0.15) is 5.26 Å². The molecule has 0 fully saturated rings. The number of benzene rings is 1. The Morgan fingerprint density at radius 3 is 2.82 bits per heavy atom. The Kier molecular flexibility index (Phi) is 3.34. The van der Waals surface area contributed by atoms with Crippen LogP contribution in [0.2, 0.25) is 0 Å². The molecule has 0 aliphatic carbocycles. The third-order valence-corrected chi connectivity index (χ3v) is 2.22. The summed E-state index contributed by atoms with van der Waals surface area (Å²) >= 11 is 0. The molecular weight excluding hydrogens is 214 g/mol. The van der Waals surface area contributed by atoms with Gasteiger partial charge in [0.1, 0.15) is 11.8 Å². The average Bonchev–Trinajstić information content (AvgIpc) is 2.40. The molecule has 0 saturated carbocycles. The van der Waals surface area contributed by atoms with Crippen LogP contribution in [0.4, 0.5) is 0 Å². The Labute approximate surface area is 99.3 Å². The van der Waals surface area contributed by atoms with Crippen LogP contribution in [-0.2, 0) is 6.54 Å². The zero-order valence-electron chi connectivity index (χ0n) is 9.13. The van der Waals surface area contributed by atoms with Gasteiger partial charge in [-0.05, 0) is 23.8 Å². The van der Waals surface area contributed by atoms with E-state index in [1.54, 1.807) is 12.1 Å². The van der Waals surface area contributed by atoms with Gasteiger partial charge in [-0.25, -0.2) is 4.98 Å². The fourth-order valence-corrected chi connectivity index (χ4v) is 1.36. The third kappa shape index (κ3) is 2.80. The topological polar surface area (TPSA) is 71.9 Å². The predicted molar refractivity (Wildman–Crippen MR) is 63.4 cm³/mol. The van der Waals surface area contributed by atoms with Crippen LogP contribution in [0.5, 0.6) is 11.6 Å². The second kappa shape index (κ2) is 5.10. The SMILES string of the molecule is N#Cc1ccc(Oc2cccc(CN)c2)nc1. The molecule has 4 heteroatoms. The normalized spacial score (nSPS) is 9.65. The highest BCUT2D eigenvalue weighted by molar-refractivity contribution is 5.33. The van der Waals surface area contributed by atoms with Gasteiger partial charge in [0.05, 0.1) is 5.56 Å². The maximum atomic E-state index is 8.64. The van der Waals surface area contributed by atoms with E-state index in [-0.39, 0.29) is 0 Å². The van der Waals surface area contributed by atoms with E-state index in [2.05, 4.69) is 4.98 Å². The van der Waals surface area contributed by atoms with E-state index in [0.29, 0.717) is 23.7 Å². The maximum absolute atomic E-state index is 8.64. The highest BCUT2D eigenvalue weighted by Gasteiger charge is 1.99. The maximum Gasteiger partial charge on any atom is 0.219 e.